The van der Waals surface area contributed by atoms with E-state index >= 15 is 0 Å². The van der Waals surface area contributed by atoms with E-state index in [1.54, 1.807) is 12.3 Å². The molecule has 7 heteroatoms. The highest BCUT2D eigenvalue weighted by Gasteiger charge is 2.09. The number of nitrogens with one attached hydrogen (secondary N) is 1. The van der Waals surface area contributed by atoms with E-state index in [0.29, 0.717) is 16.8 Å². The topological polar surface area (TPSA) is 77.3 Å². The first-order chi connectivity index (χ1) is 10.1. The van der Waals surface area contributed by atoms with Crippen molar-refractivity contribution in [2.75, 3.05) is 11.9 Å². The average molecular weight is 352 g/mol. The highest BCUT2D eigenvalue weighted by atomic mass is 79.9. The van der Waals surface area contributed by atoms with E-state index in [9.17, 15) is 10.1 Å². The zero-order chi connectivity index (χ0) is 15.2. The largest absolute Gasteiger partial charge is 0.489 e. The second kappa shape index (κ2) is 7.03. The molecule has 0 saturated heterocycles. The van der Waals surface area contributed by atoms with Crippen molar-refractivity contribution in [1.82, 2.24) is 4.98 Å². The number of hydrogen-bond acceptors (Lipinski definition) is 5. The van der Waals surface area contributed by atoms with E-state index in [0.717, 1.165) is 17.9 Å². The predicted molar refractivity (Wildman–Crippen MR) is 83.5 cm³/mol. The van der Waals surface area contributed by atoms with E-state index in [2.05, 4.69) is 26.2 Å². The Bertz CT molecular complexity index is 632. The fraction of sp³-hybridized carbons (Fsp3) is 0.214. The van der Waals surface area contributed by atoms with Crippen LogP contribution in [0.3, 0.4) is 0 Å². The Labute approximate surface area is 130 Å². The van der Waals surface area contributed by atoms with Gasteiger partial charge in [0.1, 0.15) is 18.2 Å². The maximum atomic E-state index is 10.8. The van der Waals surface area contributed by atoms with Gasteiger partial charge >= 0.3 is 0 Å². The third kappa shape index (κ3) is 4.42. The molecule has 1 N–H and O–H groups in total. The summed E-state index contributed by atoms with van der Waals surface area (Å²) in [5.41, 5.74) is 0.874. The van der Waals surface area contributed by atoms with E-state index in [1.165, 1.54) is 12.1 Å². The molecule has 6 nitrogen and oxygen atoms in total. The summed E-state index contributed by atoms with van der Waals surface area (Å²) >= 11 is 3.23. The molecule has 0 spiro atoms. The lowest BCUT2D eigenvalue weighted by molar-refractivity contribution is -0.385. The molecule has 0 radical (unpaired) electrons. The van der Waals surface area contributed by atoms with Gasteiger partial charge in [0.2, 0.25) is 0 Å². The minimum absolute atomic E-state index is 0.0139. The minimum Gasteiger partial charge on any atom is -0.489 e. The Balaban J connectivity index is 2.04. The second-order valence-corrected chi connectivity index (χ2v) is 5.19. The van der Waals surface area contributed by atoms with Crippen molar-refractivity contribution in [2.45, 2.75) is 13.5 Å². The predicted octanol–water partition coefficient (Wildman–Crippen LogP) is 3.76. The van der Waals surface area contributed by atoms with Crippen LogP contribution < -0.4 is 10.1 Å². The van der Waals surface area contributed by atoms with Crippen molar-refractivity contribution in [1.29, 1.82) is 0 Å². The summed E-state index contributed by atoms with van der Waals surface area (Å²) < 4.78 is 6.17. The summed E-state index contributed by atoms with van der Waals surface area (Å²) in [5, 5.41) is 13.9. The van der Waals surface area contributed by atoms with Crippen LogP contribution in [0.15, 0.2) is 41.0 Å². The van der Waals surface area contributed by atoms with Crippen LogP contribution in [0.25, 0.3) is 0 Å². The zero-order valence-corrected chi connectivity index (χ0v) is 13.0. The lowest BCUT2D eigenvalue weighted by atomic mass is 10.3. The van der Waals surface area contributed by atoms with Gasteiger partial charge < -0.3 is 10.1 Å². The van der Waals surface area contributed by atoms with E-state index in [-0.39, 0.29) is 5.69 Å². The van der Waals surface area contributed by atoms with Crippen molar-refractivity contribution in [3.63, 3.8) is 0 Å². The number of benzene rings is 1. The highest BCUT2D eigenvalue weighted by Crippen LogP contribution is 2.26. The number of nitro benzene ring substituents is 1. The van der Waals surface area contributed by atoms with Gasteiger partial charge in [0.05, 0.1) is 11.0 Å². The van der Waals surface area contributed by atoms with E-state index in [4.69, 9.17) is 4.74 Å². The van der Waals surface area contributed by atoms with Crippen LogP contribution in [0.2, 0.25) is 0 Å². The van der Waals surface area contributed by atoms with Crippen molar-refractivity contribution in [2.24, 2.45) is 0 Å². The summed E-state index contributed by atoms with van der Waals surface area (Å²) in [6.45, 7) is 3.11. The van der Waals surface area contributed by atoms with Crippen LogP contribution in [-0.4, -0.2) is 16.5 Å². The van der Waals surface area contributed by atoms with Gasteiger partial charge in [0.15, 0.2) is 0 Å². The monoisotopic (exact) mass is 351 g/mol. The lowest BCUT2D eigenvalue weighted by Crippen LogP contribution is -2.01. The standard InChI is InChI=1S/C14H14BrN3O3/c1-2-16-14-4-3-10(8-17-14)9-21-13-6-11(15)5-12(7-13)18(19)20/h3-8H,2,9H2,1H3,(H,16,17). The summed E-state index contributed by atoms with van der Waals surface area (Å²) in [4.78, 5) is 14.6. The molecule has 1 heterocycles. The first-order valence-corrected chi connectivity index (χ1v) is 7.14. The summed E-state index contributed by atoms with van der Waals surface area (Å²) in [7, 11) is 0. The Morgan fingerprint density at radius 3 is 2.81 bits per heavy atom. The number of rotatable bonds is 6. The van der Waals surface area contributed by atoms with E-state index in [1.807, 2.05) is 19.1 Å². The summed E-state index contributed by atoms with van der Waals surface area (Å²) in [6, 6.07) is 8.28. The third-order valence-corrected chi connectivity index (χ3v) is 3.11. The van der Waals surface area contributed by atoms with Crippen LogP contribution in [0.5, 0.6) is 5.75 Å². The molecule has 1 aromatic carbocycles. The molecule has 0 saturated carbocycles. The molecule has 2 rings (SSSR count). The van der Waals surface area contributed by atoms with Crippen molar-refractivity contribution in [3.05, 3.63) is 56.7 Å². The molecule has 2 aromatic rings. The Morgan fingerprint density at radius 1 is 1.38 bits per heavy atom. The smallest absolute Gasteiger partial charge is 0.274 e. The number of hydrogen-bond donors (Lipinski definition) is 1. The molecule has 0 fully saturated rings. The van der Waals surface area contributed by atoms with Crippen LogP contribution in [0.4, 0.5) is 11.5 Å². The fourth-order valence-corrected chi connectivity index (χ4v) is 2.16. The number of nitro groups is 1. The number of pyridine rings is 1. The Morgan fingerprint density at radius 2 is 2.19 bits per heavy atom. The third-order valence-electron chi connectivity index (χ3n) is 2.66. The Kier molecular flexibility index (Phi) is 5.10. The van der Waals surface area contributed by atoms with E-state index < -0.39 is 4.92 Å². The molecule has 0 atom stereocenters. The van der Waals surface area contributed by atoms with Crippen molar-refractivity contribution < 1.29 is 9.66 Å². The second-order valence-electron chi connectivity index (χ2n) is 4.27. The van der Waals surface area contributed by atoms with Crippen LogP contribution in [0, 0.1) is 10.1 Å². The minimum atomic E-state index is -0.454. The van der Waals surface area contributed by atoms with Gasteiger partial charge in [-0.3, -0.25) is 10.1 Å². The molecular weight excluding hydrogens is 338 g/mol. The van der Waals surface area contributed by atoms with Crippen molar-refractivity contribution >= 4 is 27.4 Å². The quantitative estimate of drug-likeness (QED) is 0.633. The number of nitrogens with zero attached hydrogens (tertiary/aromatic N) is 2. The van der Waals surface area contributed by atoms with Gasteiger partial charge in [-0.15, -0.1) is 0 Å². The van der Waals surface area contributed by atoms with Gasteiger partial charge in [0, 0.05) is 28.8 Å². The summed E-state index contributed by atoms with van der Waals surface area (Å²) in [5.74, 6) is 1.24. The number of anilines is 1. The number of non-ortho nitro benzene ring substituents is 1. The number of aromatic nitrogens is 1. The van der Waals surface area contributed by atoms with Gasteiger partial charge in [0.25, 0.3) is 5.69 Å². The first kappa shape index (κ1) is 15.2. The zero-order valence-electron chi connectivity index (χ0n) is 11.4. The molecule has 110 valence electrons. The lowest BCUT2D eigenvalue weighted by Gasteiger charge is -2.07. The maximum absolute atomic E-state index is 10.8. The molecule has 0 bridgehead atoms. The molecule has 21 heavy (non-hydrogen) atoms. The molecule has 0 amide bonds. The molecule has 0 aliphatic rings. The summed E-state index contributed by atoms with van der Waals surface area (Å²) in [6.07, 6.45) is 1.71. The van der Waals surface area contributed by atoms with Gasteiger partial charge in [-0.25, -0.2) is 4.98 Å². The Hall–Kier alpha value is -2.15. The molecule has 0 aliphatic heterocycles. The number of halogens is 1. The van der Waals surface area contributed by atoms with Crippen LogP contribution >= 0.6 is 15.9 Å². The fourth-order valence-electron chi connectivity index (χ4n) is 1.70. The molecular formula is C14H14BrN3O3. The number of ether oxygens (including phenoxy) is 1. The van der Waals surface area contributed by atoms with Crippen LogP contribution in [0.1, 0.15) is 12.5 Å². The highest BCUT2D eigenvalue weighted by molar-refractivity contribution is 9.10. The SMILES string of the molecule is CCNc1ccc(COc2cc(Br)cc([N+](=O)[O-])c2)cn1. The maximum Gasteiger partial charge on any atom is 0.274 e. The molecule has 0 unspecified atom stereocenters. The van der Waals surface area contributed by atoms with Gasteiger partial charge in [-0.2, -0.15) is 0 Å². The van der Waals surface area contributed by atoms with Crippen LogP contribution in [-0.2, 0) is 6.61 Å². The van der Waals surface area contributed by atoms with Gasteiger partial charge in [-0.1, -0.05) is 22.0 Å². The average Bonchev–Trinajstić information content (AvgIpc) is 2.46. The normalized spacial score (nSPS) is 10.2. The molecule has 1 aromatic heterocycles. The first-order valence-electron chi connectivity index (χ1n) is 6.35. The molecule has 0 aliphatic carbocycles. The van der Waals surface area contributed by atoms with Gasteiger partial charge in [-0.05, 0) is 19.1 Å². The van der Waals surface area contributed by atoms with Crippen molar-refractivity contribution in [3.8, 4) is 5.75 Å².